The quantitative estimate of drug-likeness (QED) is 0.512. The minimum atomic E-state index is -0.313. The van der Waals surface area contributed by atoms with Crippen LogP contribution in [-0.4, -0.2) is 18.0 Å². The molecule has 0 aliphatic heterocycles. The molecule has 0 atom stereocenters. The first-order valence-corrected chi connectivity index (χ1v) is 8.74. The predicted octanol–water partition coefficient (Wildman–Crippen LogP) is 4.08. The lowest BCUT2D eigenvalue weighted by molar-refractivity contribution is -0.124. The number of hydrazone groups is 1. The first-order chi connectivity index (χ1) is 11.5. The molecule has 2 N–H and O–H groups in total. The minimum absolute atomic E-state index is 0.0676. The normalized spacial score (nSPS) is 10.6. The van der Waals surface area contributed by atoms with Crippen LogP contribution < -0.4 is 10.7 Å². The van der Waals surface area contributed by atoms with Crippen molar-refractivity contribution in [3.05, 3.63) is 63.0 Å². The third-order valence-electron chi connectivity index (χ3n) is 2.96. The molecule has 2 rings (SSSR count). The number of nitrogens with one attached hydrogen (secondary N) is 2. The number of halogens is 2. The number of rotatable bonds is 6. The van der Waals surface area contributed by atoms with Crippen LogP contribution in [0, 0.1) is 0 Å². The summed E-state index contributed by atoms with van der Waals surface area (Å²) < 4.78 is 1.87. The third-order valence-corrected chi connectivity index (χ3v) is 3.98. The van der Waals surface area contributed by atoms with E-state index in [4.69, 9.17) is 0 Å². The van der Waals surface area contributed by atoms with Gasteiger partial charge >= 0.3 is 0 Å². The molecule has 0 heterocycles. The summed E-state index contributed by atoms with van der Waals surface area (Å²) in [6.45, 7) is 0. The molecule has 0 radical (unpaired) electrons. The number of benzene rings is 2. The molecule has 0 unspecified atom stereocenters. The van der Waals surface area contributed by atoms with E-state index < -0.39 is 0 Å². The third kappa shape index (κ3) is 6.64. The molecule has 24 heavy (non-hydrogen) atoms. The molecule has 0 saturated heterocycles. The minimum Gasteiger partial charge on any atom is -0.326 e. The van der Waals surface area contributed by atoms with E-state index in [1.54, 1.807) is 18.3 Å². The average Bonchev–Trinajstić information content (AvgIpc) is 2.55. The van der Waals surface area contributed by atoms with Crippen molar-refractivity contribution >= 4 is 55.6 Å². The number of hydrogen-bond donors (Lipinski definition) is 2. The Morgan fingerprint density at radius 1 is 0.958 bits per heavy atom. The van der Waals surface area contributed by atoms with Gasteiger partial charge in [-0.3, -0.25) is 9.59 Å². The lowest BCUT2D eigenvalue weighted by Gasteiger charge is -2.04. The highest BCUT2D eigenvalue weighted by atomic mass is 79.9. The number of anilines is 1. The van der Waals surface area contributed by atoms with Gasteiger partial charge in [0.15, 0.2) is 0 Å². The van der Waals surface area contributed by atoms with E-state index in [9.17, 15) is 9.59 Å². The summed E-state index contributed by atoms with van der Waals surface area (Å²) in [5.41, 5.74) is 3.96. The van der Waals surface area contributed by atoms with Crippen LogP contribution in [-0.2, 0) is 9.59 Å². The fourth-order valence-corrected chi connectivity index (χ4v) is 2.49. The number of hydrogen-bond acceptors (Lipinski definition) is 3. The molecule has 0 aromatic heterocycles. The van der Waals surface area contributed by atoms with Crippen molar-refractivity contribution in [1.82, 2.24) is 5.43 Å². The molecule has 5 nitrogen and oxygen atoms in total. The monoisotopic (exact) mass is 451 g/mol. The summed E-state index contributed by atoms with van der Waals surface area (Å²) in [6.07, 6.45) is 1.71. The van der Waals surface area contributed by atoms with Gasteiger partial charge in [0.2, 0.25) is 11.8 Å². The Morgan fingerprint density at radius 2 is 1.67 bits per heavy atom. The Hall–Kier alpha value is -1.99. The molecule has 2 aromatic carbocycles. The van der Waals surface area contributed by atoms with Gasteiger partial charge in [0.25, 0.3) is 0 Å². The molecule has 0 spiro atoms. The number of amides is 2. The average molecular weight is 453 g/mol. The van der Waals surface area contributed by atoms with Gasteiger partial charge in [0.05, 0.1) is 6.21 Å². The second-order valence-corrected chi connectivity index (χ2v) is 6.73. The molecule has 0 aliphatic rings. The van der Waals surface area contributed by atoms with Gasteiger partial charge in [-0.15, -0.1) is 0 Å². The molecule has 0 fully saturated rings. The van der Waals surface area contributed by atoms with E-state index in [0.717, 1.165) is 14.5 Å². The maximum atomic E-state index is 11.8. The molecule has 2 amide bonds. The van der Waals surface area contributed by atoms with Gasteiger partial charge < -0.3 is 5.32 Å². The maximum absolute atomic E-state index is 11.8. The van der Waals surface area contributed by atoms with Gasteiger partial charge in [-0.2, -0.15) is 5.10 Å². The van der Waals surface area contributed by atoms with Gasteiger partial charge in [-0.1, -0.05) is 44.0 Å². The van der Waals surface area contributed by atoms with Crippen molar-refractivity contribution < 1.29 is 9.59 Å². The topological polar surface area (TPSA) is 70.6 Å². The van der Waals surface area contributed by atoms with E-state index in [1.807, 2.05) is 36.4 Å². The van der Waals surface area contributed by atoms with Crippen molar-refractivity contribution in [1.29, 1.82) is 0 Å². The van der Waals surface area contributed by atoms with Crippen molar-refractivity contribution in [3.8, 4) is 0 Å². The second kappa shape index (κ2) is 9.34. The van der Waals surface area contributed by atoms with E-state index in [2.05, 4.69) is 47.7 Å². The van der Waals surface area contributed by atoms with Crippen LogP contribution in [0.15, 0.2) is 62.6 Å². The van der Waals surface area contributed by atoms with Crippen LogP contribution in [0.5, 0.6) is 0 Å². The van der Waals surface area contributed by atoms with E-state index in [0.29, 0.717) is 5.69 Å². The number of nitrogens with zero attached hydrogens (tertiary/aromatic N) is 1. The Kier molecular flexibility index (Phi) is 7.14. The van der Waals surface area contributed by atoms with Gasteiger partial charge in [0.1, 0.15) is 0 Å². The molecule has 0 saturated carbocycles. The molecule has 0 aliphatic carbocycles. The largest absolute Gasteiger partial charge is 0.326 e. The van der Waals surface area contributed by atoms with Gasteiger partial charge in [-0.25, -0.2) is 5.43 Å². The van der Waals surface area contributed by atoms with Crippen LogP contribution in [0.25, 0.3) is 0 Å². The molecule has 2 aromatic rings. The lowest BCUT2D eigenvalue weighted by atomic mass is 10.2. The van der Waals surface area contributed by atoms with Crippen molar-refractivity contribution in [2.24, 2.45) is 5.10 Å². The summed E-state index contributed by atoms with van der Waals surface area (Å²) in [6, 6.07) is 14.7. The van der Waals surface area contributed by atoms with Crippen molar-refractivity contribution in [2.75, 3.05) is 5.32 Å². The highest BCUT2D eigenvalue weighted by Gasteiger charge is 2.06. The Labute approximate surface area is 156 Å². The van der Waals surface area contributed by atoms with Crippen LogP contribution in [0.1, 0.15) is 18.4 Å². The smallest absolute Gasteiger partial charge is 0.240 e. The summed E-state index contributed by atoms with van der Waals surface area (Å²) >= 11 is 6.68. The molecule has 7 heteroatoms. The van der Waals surface area contributed by atoms with Crippen molar-refractivity contribution in [3.63, 3.8) is 0 Å². The van der Waals surface area contributed by atoms with Crippen LogP contribution >= 0.6 is 31.9 Å². The predicted molar refractivity (Wildman–Crippen MR) is 102 cm³/mol. The zero-order valence-electron chi connectivity index (χ0n) is 12.6. The highest BCUT2D eigenvalue weighted by Crippen LogP contribution is 2.14. The fraction of sp³-hybridized carbons (Fsp3) is 0.118. The van der Waals surface area contributed by atoms with E-state index in [1.165, 1.54) is 0 Å². The first kappa shape index (κ1) is 18.4. The maximum Gasteiger partial charge on any atom is 0.240 e. The van der Waals surface area contributed by atoms with Crippen LogP contribution in [0.2, 0.25) is 0 Å². The summed E-state index contributed by atoms with van der Waals surface area (Å²) in [5, 5.41) is 6.60. The molecule has 0 bridgehead atoms. The Balaban J connectivity index is 1.72. The van der Waals surface area contributed by atoms with Gasteiger partial charge in [-0.05, 0) is 42.0 Å². The zero-order valence-corrected chi connectivity index (χ0v) is 15.8. The second-order valence-electron chi connectivity index (χ2n) is 4.90. The van der Waals surface area contributed by atoms with Crippen LogP contribution in [0.3, 0.4) is 0 Å². The lowest BCUT2D eigenvalue weighted by Crippen LogP contribution is -2.20. The first-order valence-electron chi connectivity index (χ1n) is 7.16. The van der Waals surface area contributed by atoms with Crippen molar-refractivity contribution in [2.45, 2.75) is 12.8 Å². The van der Waals surface area contributed by atoms with E-state index in [-0.39, 0.29) is 24.7 Å². The van der Waals surface area contributed by atoms with E-state index >= 15 is 0 Å². The SMILES string of the molecule is O=C(CCC(=O)Nc1ccc(Br)cc1)N/N=C\c1cccc(Br)c1. The number of carbonyl (C=O) groups excluding carboxylic acids is 2. The Bertz CT molecular complexity index is 746. The summed E-state index contributed by atoms with van der Waals surface area (Å²) in [7, 11) is 0. The molecular formula is C17H15Br2N3O2. The summed E-state index contributed by atoms with van der Waals surface area (Å²) in [4.78, 5) is 23.5. The summed E-state index contributed by atoms with van der Waals surface area (Å²) in [5.74, 6) is -0.532. The molecular weight excluding hydrogens is 438 g/mol. The molecule has 124 valence electrons. The van der Waals surface area contributed by atoms with Crippen LogP contribution in [0.4, 0.5) is 5.69 Å². The standard InChI is InChI=1S/C17H15Br2N3O2/c18-13-4-6-15(7-5-13)21-16(23)8-9-17(24)22-20-11-12-2-1-3-14(19)10-12/h1-7,10-11H,8-9H2,(H,21,23)(H,22,24)/b20-11-. The fourth-order valence-electron chi connectivity index (χ4n) is 1.81. The Morgan fingerprint density at radius 3 is 2.38 bits per heavy atom. The van der Waals surface area contributed by atoms with Gasteiger partial charge in [0, 0.05) is 27.5 Å². The highest BCUT2D eigenvalue weighted by molar-refractivity contribution is 9.10. The number of carbonyl (C=O) groups is 2. The zero-order chi connectivity index (χ0) is 17.4.